The monoisotopic (exact) mass is 438 g/mol. The van der Waals surface area contributed by atoms with Gasteiger partial charge in [0.2, 0.25) is 0 Å². The van der Waals surface area contributed by atoms with Gasteiger partial charge in [0.25, 0.3) is 0 Å². The van der Waals surface area contributed by atoms with E-state index in [1.54, 1.807) is 4.90 Å². The Labute approximate surface area is 170 Å². The van der Waals surface area contributed by atoms with Crippen LogP contribution in [-0.2, 0) is 0 Å². The van der Waals surface area contributed by atoms with Crippen molar-refractivity contribution in [1.82, 2.24) is 9.80 Å². The fourth-order valence-electron chi connectivity index (χ4n) is 4.76. The van der Waals surface area contributed by atoms with Crippen molar-refractivity contribution in [1.29, 1.82) is 0 Å². The van der Waals surface area contributed by atoms with Crippen molar-refractivity contribution in [2.24, 2.45) is 5.41 Å². The summed E-state index contributed by atoms with van der Waals surface area (Å²) in [5.41, 5.74) is 0.754. The molecule has 1 amide bonds. The Bertz CT molecular complexity index is 703. The van der Waals surface area contributed by atoms with Gasteiger partial charge in [0, 0.05) is 35.7 Å². The van der Waals surface area contributed by atoms with Crippen LogP contribution >= 0.6 is 15.9 Å². The summed E-state index contributed by atoms with van der Waals surface area (Å²) < 4.78 is 7.03. The zero-order valence-electron chi connectivity index (χ0n) is 16.8. The number of hydrogen-bond donors (Lipinski definition) is 1. The molecule has 0 aromatic heterocycles. The standard InChI is InChI=1S/C21H31BrN2O3/c1-15-17(22)7-5-8-18(15)27-12-6-11-23-13-16-9-10-21(14-23,20(2,3)4)24(16)19(25)26/h5,7-8,16H,6,9-14H2,1-4H3,(H,25,26)/t16-,21-/m0/s1. The maximum atomic E-state index is 11.9. The molecule has 0 unspecified atom stereocenters. The fraction of sp³-hybridized carbons (Fsp3) is 0.667. The molecule has 2 heterocycles. The van der Waals surface area contributed by atoms with Crippen LogP contribution in [0.4, 0.5) is 4.79 Å². The second-order valence-corrected chi connectivity index (χ2v) is 9.78. The average molecular weight is 439 g/mol. The molecule has 2 saturated heterocycles. The molecule has 5 nitrogen and oxygen atoms in total. The van der Waals surface area contributed by atoms with E-state index >= 15 is 0 Å². The molecule has 27 heavy (non-hydrogen) atoms. The second kappa shape index (κ2) is 7.63. The lowest BCUT2D eigenvalue weighted by Crippen LogP contribution is -2.67. The predicted molar refractivity (Wildman–Crippen MR) is 111 cm³/mol. The second-order valence-electron chi connectivity index (χ2n) is 8.93. The quantitative estimate of drug-likeness (QED) is 0.672. The Morgan fingerprint density at radius 2 is 2.15 bits per heavy atom. The minimum atomic E-state index is -0.763. The van der Waals surface area contributed by atoms with Crippen LogP contribution in [0.15, 0.2) is 22.7 Å². The number of piperazine rings is 1. The number of likely N-dealkylation sites (tertiary alicyclic amines) is 1. The summed E-state index contributed by atoms with van der Waals surface area (Å²) in [6, 6.07) is 6.12. The van der Waals surface area contributed by atoms with Gasteiger partial charge in [-0.2, -0.15) is 0 Å². The van der Waals surface area contributed by atoms with Crippen molar-refractivity contribution in [3.8, 4) is 5.75 Å². The highest BCUT2D eigenvalue weighted by molar-refractivity contribution is 9.10. The van der Waals surface area contributed by atoms with Crippen molar-refractivity contribution >= 4 is 22.0 Å². The van der Waals surface area contributed by atoms with E-state index in [2.05, 4.69) is 48.5 Å². The van der Waals surface area contributed by atoms with E-state index in [0.717, 1.165) is 54.7 Å². The first-order chi connectivity index (χ1) is 12.7. The van der Waals surface area contributed by atoms with Crippen molar-refractivity contribution < 1.29 is 14.6 Å². The van der Waals surface area contributed by atoms with Gasteiger partial charge in [-0.25, -0.2) is 4.79 Å². The third-order valence-electron chi connectivity index (χ3n) is 6.37. The molecular weight excluding hydrogens is 408 g/mol. The van der Waals surface area contributed by atoms with Crippen LogP contribution < -0.4 is 4.74 Å². The largest absolute Gasteiger partial charge is 0.493 e. The van der Waals surface area contributed by atoms with Crippen LogP contribution in [0.2, 0.25) is 0 Å². The van der Waals surface area contributed by atoms with E-state index in [1.807, 2.05) is 18.2 Å². The van der Waals surface area contributed by atoms with Gasteiger partial charge >= 0.3 is 6.09 Å². The number of rotatable bonds is 5. The minimum absolute atomic E-state index is 0.0806. The predicted octanol–water partition coefficient (Wildman–Crippen LogP) is 4.77. The maximum Gasteiger partial charge on any atom is 0.408 e. The number of fused-ring (bicyclic) bond motifs is 2. The van der Waals surface area contributed by atoms with Crippen molar-refractivity contribution in [2.45, 2.75) is 58.5 Å². The lowest BCUT2D eigenvalue weighted by Gasteiger charge is -2.54. The SMILES string of the molecule is Cc1c(Br)cccc1OCCCN1C[C@@H]2CC[C@@](C(C)(C)C)(C1)N2C(=O)O. The average Bonchev–Trinajstić information content (AvgIpc) is 2.84. The van der Waals surface area contributed by atoms with Crippen LogP contribution in [0.25, 0.3) is 0 Å². The Kier molecular flexibility index (Phi) is 5.78. The molecule has 0 saturated carbocycles. The molecule has 2 atom stereocenters. The lowest BCUT2D eigenvalue weighted by atomic mass is 9.71. The van der Waals surface area contributed by atoms with Gasteiger partial charge in [0.1, 0.15) is 5.75 Å². The molecule has 3 rings (SSSR count). The number of hydrogen-bond acceptors (Lipinski definition) is 3. The number of halogens is 1. The first-order valence-electron chi connectivity index (χ1n) is 9.78. The number of amides is 1. The molecule has 2 aliphatic rings. The molecule has 0 radical (unpaired) electrons. The Morgan fingerprint density at radius 1 is 1.41 bits per heavy atom. The highest BCUT2D eigenvalue weighted by atomic mass is 79.9. The molecule has 0 spiro atoms. The van der Waals surface area contributed by atoms with Crippen LogP contribution in [-0.4, -0.2) is 58.8 Å². The smallest absolute Gasteiger partial charge is 0.408 e. The fourth-order valence-corrected chi connectivity index (χ4v) is 5.11. The Morgan fingerprint density at radius 3 is 2.81 bits per heavy atom. The molecule has 6 heteroatoms. The van der Waals surface area contributed by atoms with Crippen molar-refractivity contribution in [3.05, 3.63) is 28.2 Å². The zero-order chi connectivity index (χ0) is 19.8. The molecule has 2 fully saturated rings. The number of carboxylic acid groups (broad SMARTS) is 1. The van der Waals surface area contributed by atoms with Gasteiger partial charge in [-0.1, -0.05) is 42.8 Å². The van der Waals surface area contributed by atoms with Gasteiger partial charge in [-0.15, -0.1) is 0 Å². The van der Waals surface area contributed by atoms with Crippen molar-refractivity contribution in [3.63, 3.8) is 0 Å². The number of nitrogens with zero attached hydrogens (tertiary/aromatic N) is 2. The summed E-state index contributed by atoms with van der Waals surface area (Å²) in [5, 5.41) is 9.81. The normalized spacial score (nSPS) is 25.7. The zero-order valence-corrected chi connectivity index (χ0v) is 18.4. The van der Waals surface area contributed by atoms with E-state index < -0.39 is 6.09 Å². The van der Waals surface area contributed by atoms with E-state index in [0.29, 0.717) is 6.61 Å². The van der Waals surface area contributed by atoms with E-state index in [1.165, 1.54) is 0 Å². The molecule has 1 N–H and O–H groups in total. The van der Waals surface area contributed by atoms with Crippen LogP contribution in [0, 0.1) is 12.3 Å². The molecular formula is C21H31BrN2O3. The number of carbonyl (C=O) groups is 1. The highest BCUT2D eigenvalue weighted by Crippen LogP contribution is 2.49. The third-order valence-corrected chi connectivity index (χ3v) is 7.23. The first-order valence-corrected chi connectivity index (χ1v) is 10.6. The molecule has 150 valence electrons. The lowest BCUT2D eigenvalue weighted by molar-refractivity contribution is -0.0477. The van der Waals surface area contributed by atoms with Crippen LogP contribution in [0.5, 0.6) is 5.75 Å². The van der Waals surface area contributed by atoms with Crippen molar-refractivity contribution in [2.75, 3.05) is 26.2 Å². The Hall–Kier alpha value is -1.27. The number of ether oxygens (including phenoxy) is 1. The molecule has 2 aliphatic heterocycles. The van der Waals surface area contributed by atoms with Gasteiger partial charge in [0.05, 0.1) is 12.1 Å². The number of benzene rings is 1. The molecule has 1 aromatic carbocycles. The topological polar surface area (TPSA) is 53.0 Å². The summed E-state index contributed by atoms with van der Waals surface area (Å²) in [4.78, 5) is 16.1. The van der Waals surface area contributed by atoms with Gasteiger partial charge in [0.15, 0.2) is 0 Å². The summed E-state index contributed by atoms with van der Waals surface area (Å²) in [6.45, 7) is 11.8. The maximum absolute atomic E-state index is 11.9. The van der Waals surface area contributed by atoms with Gasteiger partial charge in [-0.3, -0.25) is 9.80 Å². The van der Waals surface area contributed by atoms with Gasteiger partial charge in [-0.05, 0) is 43.7 Å². The van der Waals surface area contributed by atoms with Gasteiger partial charge < -0.3 is 9.84 Å². The molecule has 0 aliphatic carbocycles. The van der Waals surface area contributed by atoms with Crippen LogP contribution in [0.1, 0.15) is 45.6 Å². The third kappa shape index (κ3) is 3.83. The summed E-state index contributed by atoms with van der Waals surface area (Å²) in [7, 11) is 0. The van der Waals surface area contributed by atoms with E-state index in [9.17, 15) is 9.90 Å². The minimum Gasteiger partial charge on any atom is -0.493 e. The summed E-state index contributed by atoms with van der Waals surface area (Å²) in [5.74, 6) is 0.923. The van der Waals surface area contributed by atoms with E-state index in [4.69, 9.17) is 4.74 Å². The Balaban J connectivity index is 1.59. The first kappa shape index (κ1) is 20.5. The van der Waals surface area contributed by atoms with E-state index in [-0.39, 0.29) is 17.0 Å². The molecule has 2 bridgehead atoms. The summed E-state index contributed by atoms with van der Waals surface area (Å²) >= 11 is 3.54. The molecule has 1 aromatic rings. The highest BCUT2D eigenvalue weighted by Gasteiger charge is 2.58. The summed E-state index contributed by atoms with van der Waals surface area (Å²) in [6.07, 6.45) is 2.10. The van der Waals surface area contributed by atoms with Crippen LogP contribution in [0.3, 0.4) is 0 Å².